The number of hydrogen-bond donors (Lipinski definition) is 0. The summed E-state index contributed by atoms with van der Waals surface area (Å²) in [5.41, 5.74) is -0.507. The van der Waals surface area contributed by atoms with E-state index in [1.165, 1.54) is 36.5 Å². The van der Waals surface area contributed by atoms with Gasteiger partial charge in [-0.05, 0) is 30.0 Å². The zero-order valence-electron chi connectivity index (χ0n) is 14.3. The Balaban J connectivity index is 2.14. The molecule has 3 rings (SSSR count). The summed E-state index contributed by atoms with van der Waals surface area (Å²) in [6.45, 7) is 1.42. The van der Waals surface area contributed by atoms with Crippen LogP contribution in [0.15, 0.2) is 58.8 Å². The smallest absolute Gasteiger partial charge is 0.346 e. The van der Waals surface area contributed by atoms with Crippen molar-refractivity contribution in [2.45, 2.75) is 11.8 Å². The van der Waals surface area contributed by atoms with Crippen LogP contribution in [0.5, 0.6) is 5.75 Å². The maximum absolute atomic E-state index is 12.8. The third-order valence-electron chi connectivity index (χ3n) is 3.80. The predicted octanol–water partition coefficient (Wildman–Crippen LogP) is 4.31. The minimum absolute atomic E-state index is 0.147. The van der Waals surface area contributed by atoms with Gasteiger partial charge in [0.2, 0.25) is 0 Å². The van der Waals surface area contributed by atoms with Crippen molar-refractivity contribution < 1.29 is 22.4 Å². The Bertz CT molecular complexity index is 1170. The van der Waals surface area contributed by atoms with Crippen molar-refractivity contribution in [1.29, 1.82) is 0 Å². The van der Waals surface area contributed by atoms with Crippen molar-refractivity contribution in [3.8, 4) is 16.2 Å². The first-order chi connectivity index (χ1) is 13.2. The molecule has 0 radical (unpaired) electrons. The number of nitro groups is 2. The van der Waals surface area contributed by atoms with E-state index in [0.717, 1.165) is 18.2 Å². The second-order valence-electron chi connectivity index (χ2n) is 5.63. The average Bonchev–Trinajstić information content (AvgIpc) is 3.15. The van der Waals surface area contributed by atoms with Crippen molar-refractivity contribution in [1.82, 2.24) is 0 Å². The van der Waals surface area contributed by atoms with Gasteiger partial charge in [-0.25, -0.2) is 0 Å². The Hall–Kier alpha value is -3.31. The summed E-state index contributed by atoms with van der Waals surface area (Å²) >= 11 is 1.24. The number of aryl methyl sites for hydroxylation is 1. The first-order valence-corrected chi connectivity index (χ1v) is 10.0. The van der Waals surface area contributed by atoms with Gasteiger partial charge < -0.3 is 4.18 Å². The van der Waals surface area contributed by atoms with Crippen molar-refractivity contribution >= 4 is 32.8 Å². The highest BCUT2D eigenvalue weighted by Gasteiger charge is 2.31. The maximum atomic E-state index is 12.8. The molecule has 0 aliphatic carbocycles. The van der Waals surface area contributed by atoms with E-state index in [0.29, 0.717) is 4.88 Å². The number of hydrogen-bond acceptors (Lipinski definition) is 8. The molecular formula is C17H12N2O7S2. The fourth-order valence-corrected chi connectivity index (χ4v) is 4.67. The van der Waals surface area contributed by atoms with E-state index in [9.17, 15) is 28.6 Å². The van der Waals surface area contributed by atoms with Gasteiger partial charge in [-0.15, -0.1) is 11.3 Å². The van der Waals surface area contributed by atoms with Gasteiger partial charge in [0.1, 0.15) is 0 Å². The molecule has 0 bridgehead atoms. The highest BCUT2D eigenvalue weighted by Crippen LogP contribution is 2.38. The minimum atomic E-state index is -4.57. The predicted molar refractivity (Wildman–Crippen MR) is 102 cm³/mol. The van der Waals surface area contributed by atoms with Gasteiger partial charge in [0.15, 0.2) is 10.6 Å². The first kappa shape index (κ1) is 19.5. The molecule has 3 aromatic rings. The maximum Gasteiger partial charge on any atom is 0.346 e. The van der Waals surface area contributed by atoms with E-state index in [1.54, 1.807) is 17.5 Å². The summed E-state index contributed by atoms with van der Waals surface area (Å²) in [6, 6.07) is 10.7. The molecule has 2 aromatic carbocycles. The Morgan fingerprint density at radius 1 is 1.00 bits per heavy atom. The zero-order chi connectivity index (χ0) is 20.5. The number of nitro benzene ring substituents is 2. The van der Waals surface area contributed by atoms with E-state index in [1.807, 2.05) is 0 Å². The SMILES string of the molecule is Cc1cccc([N+](=O)[O-])c1S(=O)(=O)Oc1ccc([N+](=O)[O-])cc1-c1cccs1. The van der Waals surface area contributed by atoms with Crippen LogP contribution in [-0.4, -0.2) is 18.3 Å². The topological polar surface area (TPSA) is 130 Å². The second kappa shape index (κ2) is 7.37. The minimum Gasteiger partial charge on any atom is -0.378 e. The third-order valence-corrected chi connectivity index (χ3v) is 6.13. The molecule has 0 saturated carbocycles. The van der Waals surface area contributed by atoms with Crippen LogP contribution in [0.2, 0.25) is 0 Å². The van der Waals surface area contributed by atoms with Crippen LogP contribution in [0.25, 0.3) is 10.4 Å². The normalized spacial score (nSPS) is 11.2. The summed E-state index contributed by atoms with van der Waals surface area (Å²) in [6.07, 6.45) is 0. The Kier molecular flexibility index (Phi) is 5.12. The summed E-state index contributed by atoms with van der Waals surface area (Å²) < 4.78 is 30.9. The largest absolute Gasteiger partial charge is 0.378 e. The number of thiophene rings is 1. The molecule has 0 N–H and O–H groups in total. The molecule has 0 spiro atoms. The summed E-state index contributed by atoms with van der Waals surface area (Å²) in [5.74, 6) is -0.161. The van der Waals surface area contributed by atoms with E-state index < -0.39 is 30.5 Å². The highest BCUT2D eigenvalue weighted by atomic mass is 32.2. The van der Waals surface area contributed by atoms with Gasteiger partial charge in [-0.3, -0.25) is 20.2 Å². The summed E-state index contributed by atoms with van der Waals surface area (Å²) in [7, 11) is -4.57. The quantitative estimate of drug-likeness (QED) is 0.330. The van der Waals surface area contributed by atoms with Gasteiger partial charge in [0.05, 0.1) is 9.85 Å². The number of benzene rings is 2. The lowest BCUT2D eigenvalue weighted by Gasteiger charge is -2.12. The molecule has 0 fully saturated rings. The summed E-state index contributed by atoms with van der Waals surface area (Å²) in [4.78, 5) is 20.9. The van der Waals surface area contributed by atoms with E-state index in [-0.39, 0.29) is 22.6 Å². The average molecular weight is 420 g/mol. The van der Waals surface area contributed by atoms with Crippen LogP contribution < -0.4 is 4.18 Å². The van der Waals surface area contributed by atoms with Crippen LogP contribution in [0, 0.1) is 27.2 Å². The number of rotatable bonds is 6. The van der Waals surface area contributed by atoms with Gasteiger partial charge in [-0.1, -0.05) is 18.2 Å². The number of nitrogens with zero attached hydrogens (tertiary/aromatic N) is 2. The van der Waals surface area contributed by atoms with E-state index >= 15 is 0 Å². The first-order valence-electron chi connectivity index (χ1n) is 7.71. The molecule has 9 nitrogen and oxygen atoms in total. The van der Waals surface area contributed by atoms with E-state index in [2.05, 4.69) is 0 Å². The Labute approximate surface area is 163 Å². The van der Waals surface area contributed by atoms with Crippen molar-refractivity contribution in [3.63, 3.8) is 0 Å². The highest BCUT2D eigenvalue weighted by molar-refractivity contribution is 7.87. The molecule has 11 heteroatoms. The van der Waals surface area contributed by atoms with Crippen molar-refractivity contribution in [2.75, 3.05) is 0 Å². The molecule has 144 valence electrons. The fourth-order valence-electron chi connectivity index (χ4n) is 2.59. The third kappa shape index (κ3) is 3.70. The van der Waals surface area contributed by atoms with Gasteiger partial charge in [0, 0.05) is 28.6 Å². The summed E-state index contributed by atoms with van der Waals surface area (Å²) in [5, 5.41) is 24.1. The monoisotopic (exact) mass is 420 g/mol. The zero-order valence-corrected chi connectivity index (χ0v) is 15.9. The molecular weight excluding hydrogens is 408 g/mol. The van der Waals surface area contributed by atoms with Gasteiger partial charge in [0.25, 0.3) is 11.4 Å². The van der Waals surface area contributed by atoms with Crippen LogP contribution >= 0.6 is 11.3 Å². The molecule has 0 saturated heterocycles. The van der Waals surface area contributed by atoms with E-state index in [4.69, 9.17) is 4.18 Å². The lowest BCUT2D eigenvalue weighted by atomic mass is 10.1. The van der Waals surface area contributed by atoms with Gasteiger partial charge >= 0.3 is 10.1 Å². The molecule has 1 aromatic heterocycles. The van der Waals surface area contributed by atoms with Gasteiger partial charge in [-0.2, -0.15) is 8.42 Å². The molecule has 28 heavy (non-hydrogen) atoms. The molecule has 0 aliphatic rings. The lowest BCUT2D eigenvalue weighted by molar-refractivity contribution is -0.388. The van der Waals surface area contributed by atoms with Crippen LogP contribution in [0.3, 0.4) is 0 Å². The van der Waals surface area contributed by atoms with Crippen LogP contribution in [-0.2, 0) is 10.1 Å². The molecule has 0 unspecified atom stereocenters. The second-order valence-corrected chi connectivity index (χ2v) is 8.06. The fraction of sp³-hybridized carbons (Fsp3) is 0.0588. The number of non-ortho nitro benzene ring substituents is 1. The van der Waals surface area contributed by atoms with Crippen LogP contribution in [0.4, 0.5) is 11.4 Å². The molecule has 0 amide bonds. The Morgan fingerprint density at radius 3 is 2.36 bits per heavy atom. The standard InChI is InChI=1S/C17H12N2O7S2/c1-11-4-2-5-14(19(22)23)17(11)28(24,25)26-15-8-7-12(18(20)21)10-13(15)16-6-3-9-27-16/h2-10H,1H3. The molecule has 1 heterocycles. The lowest BCUT2D eigenvalue weighted by Crippen LogP contribution is -2.14. The molecule has 0 atom stereocenters. The van der Waals surface area contributed by atoms with Crippen molar-refractivity contribution in [3.05, 3.63) is 79.7 Å². The Morgan fingerprint density at radius 2 is 1.75 bits per heavy atom. The molecule has 0 aliphatic heterocycles. The van der Waals surface area contributed by atoms with Crippen molar-refractivity contribution in [2.24, 2.45) is 0 Å². The van der Waals surface area contributed by atoms with Crippen LogP contribution in [0.1, 0.15) is 5.56 Å².